The normalized spacial score (nSPS) is 10.0. The van der Waals surface area contributed by atoms with Gasteiger partial charge in [-0.05, 0) is 24.6 Å². The molecule has 1 aromatic carbocycles. The number of urea groups is 1. The Bertz CT molecular complexity index is 528. The van der Waals surface area contributed by atoms with Crippen LogP contribution in [0.4, 0.5) is 4.79 Å². The van der Waals surface area contributed by atoms with Crippen molar-refractivity contribution in [2.45, 2.75) is 13.5 Å². The molecule has 0 aliphatic heterocycles. The second-order valence-electron chi connectivity index (χ2n) is 4.62. The van der Waals surface area contributed by atoms with E-state index in [4.69, 9.17) is 10.8 Å². The van der Waals surface area contributed by atoms with E-state index in [-0.39, 0.29) is 18.1 Å². The third-order valence-corrected chi connectivity index (χ3v) is 2.95. The number of aromatic carboxylic acids is 1. The van der Waals surface area contributed by atoms with Gasteiger partial charge in [0.25, 0.3) is 0 Å². The smallest absolute Gasteiger partial charge is 0.335 e. The van der Waals surface area contributed by atoms with Gasteiger partial charge in [-0.15, -0.1) is 0 Å². The Labute approximate surface area is 122 Å². The third kappa shape index (κ3) is 4.79. The molecule has 0 saturated heterocycles. The van der Waals surface area contributed by atoms with Crippen LogP contribution in [0.3, 0.4) is 0 Å². The topological polar surface area (TPSA) is 104 Å². The molecule has 114 valence electrons. The van der Waals surface area contributed by atoms with E-state index in [0.717, 1.165) is 5.56 Å². The number of carbonyl (C=O) groups excluding carboxylic acids is 2. The van der Waals surface area contributed by atoms with Crippen LogP contribution in [0, 0.1) is 0 Å². The Morgan fingerprint density at radius 1 is 1.19 bits per heavy atom. The van der Waals surface area contributed by atoms with Crippen LogP contribution in [0.1, 0.15) is 22.8 Å². The molecule has 0 spiro atoms. The maximum atomic E-state index is 12.1. The van der Waals surface area contributed by atoms with Gasteiger partial charge >= 0.3 is 12.0 Å². The zero-order chi connectivity index (χ0) is 16.0. The number of carbonyl (C=O) groups is 3. The maximum Gasteiger partial charge on any atom is 0.335 e. The molecule has 0 aliphatic rings. The van der Waals surface area contributed by atoms with Gasteiger partial charge in [-0.25, -0.2) is 9.59 Å². The number of amides is 3. The quantitative estimate of drug-likeness (QED) is 0.807. The second kappa shape index (κ2) is 7.28. The number of carboxylic acids is 1. The lowest BCUT2D eigenvalue weighted by Gasteiger charge is -2.26. The first kappa shape index (κ1) is 16.5. The van der Waals surface area contributed by atoms with E-state index in [1.165, 1.54) is 21.9 Å². The summed E-state index contributed by atoms with van der Waals surface area (Å²) >= 11 is 0. The molecule has 0 aliphatic carbocycles. The molecule has 21 heavy (non-hydrogen) atoms. The average Bonchev–Trinajstić information content (AvgIpc) is 2.44. The molecule has 0 fully saturated rings. The standard InChI is InChI=1S/C14H19N3O4/c1-3-17(9-12(15)18)14(21)16(2)8-10-4-6-11(7-5-10)13(19)20/h4-7H,3,8-9H2,1-2H3,(H2,15,18)(H,19,20). The summed E-state index contributed by atoms with van der Waals surface area (Å²) < 4.78 is 0. The fourth-order valence-electron chi connectivity index (χ4n) is 1.84. The minimum absolute atomic E-state index is 0.127. The van der Waals surface area contributed by atoms with E-state index in [2.05, 4.69) is 0 Å². The first-order valence-electron chi connectivity index (χ1n) is 6.45. The Balaban J connectivity index is 2.70. The summed E-state index contributed by atoms with van der Waals surface area (Å²) in [5.41, 5.74) is 6.09. The van der Waals surface area contributed by atoms with E-state index < -0.39 is 11.9 Å². The van der Waals surface area contributed by atoms with E-state index in [9.17, 15) is 14.4 Å². The molecule has 0 atom stereocenters. The van der Waals surface area contributed by atoms with Crippen molar-refractivity contribution >= 4 is 17.9 Å². The number of nitrogens with two attached hydrogens (primary N) is 1. The van der Waals surface area contributed by atoms with Gasteiger partial charge in [-0.1, -0.05) is 12.1 Å². The number of hydrogen-bond donors (Lipinski definition) is 2. The van der Waals surface area contributed by atoms with Crippen molar-refractivity contribution in [3.63, 3.8) is 0 Å². The Hall–Kier alpha value is -2.57. The number of likely N-dealkylation sites (N-methyl/N-ethyl adjacent to an activating group) is 1. The fraction of sp³-hybridized carbons (Fsp3) is 0.357. The SMILES string of the molecule is CCN(CC(N)=O)C(=O)N(C)Cc1ccc(C(=O)O)cc1. The Morgan fingerprint density at radius 2 is 1.76 bits per heavy atom. The van der Waals surface area contributed by atoms with Gasteiger partial charge in [-0.3, -0.25) is 4.79 Å². The minimum Gasteiger partial charge on any atom is -0.478 e. The highest BCUT2D eigenvalue weighted by Gasteiger charge is 2.18. The summed E-state index contributed by atoms with van der Waals surface area (Å²) in [4.78, 5) is 36.6. The summed E-state index contributed by atoms with van der Waals surface area (Å²) in [5.74, 6) is -1.56. The summed E-state index contributed by atoms with van der Waals surface area (Å²) in [7, 11) is 1.61. The molecule has 7 heteroatoms. The number of benzene rings is 1. The van der Waals surface area contributed by atoms with Gasteiger partial charge in [0.05, 0.1) is 5.56 Å². The Morgan fingerprint density at radius 3 is 2.19 bits per heavy atom. The van der Waals surface area contributed by atoms with Crippen molar-refractivity contribution in [3.05, 3.63) is 35.4 Å². The summed E-state index contributed by atoms with van der Waals surface area (Å²) in [5, 5.41) is 8.82. The van der Waals surface area contributed by atoms with Gasteiger partial charge < -0.3 is 20.6 Å². The minimum atomic E-state index is -0.996. The predicted octanol–water partition coefficient (Wildman–Crippen LogP) is 0.744. The molecule has 1 aromatic rings. The number of carboxylic acid groups (broad SMARTS) is 1. The van der Waals surface area contributed by atoms with E-state index in [1.807, 2.05) is 0 Å². The van der Waals surface area contributed by atoms with Crippen molar-refractivity contribution < 1.29 is 19.5 Å². The summed E-state index contributed by atoms with van der Waals surface area (Å²) in [6.07, 6.45) is 0. The molecule has 0 unspecified atom stereocenters. The highest BCUT2D eigenvalue weighted by molar-refractivity contribution is 5.87. The van der Waals surface area contributed by atoms with Crippen molar-refractivity contribution in [1.82, 2.24) is 9.80 Å². The van der Waals surface area contributed by atoms with Crippen molar-refractivity contribution in [1.29, 1.82) is 0 Å². The Kier molecular flexibility index (Phi) is 5.71. The van der Waals surface area contributed by atoms with Gasteiger partial charge in [0, 0.05) is 20.1 Å². The molecule has 0 heterocycles. The van der Waals surface area contributed by atoms with E-state index in [0.29, 0.717) is 13.1 Å². The van der Waals surface area contributed by atoms with Gasteiger partial charge in [0.2, 0.25) is 5.91 Å². The van der Waals surface area contributed by atoms with Crippen LogP contribution in [0.25, 0.3) is 0 Å². The van der Waals surface area contributed by atoms with Gasteiger partial charge in [0.1, 0.15) is 6.54 Å². The van der Waals surface area contributed by atoms with Crippen molar-refractivity contribution in [3.8, 4) is 0 Å². The largest absolute Gasteiger partial charge is 0.478 e. The number of hydrogen-bond acceptors (Lipinski definition) is 3. The number of rotatable bonds is 6. The molecule has 0 aromatic heterocycles. The lowest BCUT2D eigenvalue weighted by atomic mass is 10.1. The molecule has 0 radical (unpaired) electrons. The van der Waals surface area contributed by atoms with E-state index in [1.54, 1.807) is 26.1 Å². The van der Waals surface area contributed by atoms with Gasteiger partial charge in [0.15, 0.2) is 0 Å². The number of nitrogens with zero attached hydrogens (tertiary/aromatic N) is 2. The first-order chi connectivity index (χ1) is 9.85. The fourth-order valence-corrected chi connectivity index (χ4v) is 1.84. The summed E-state index contributed by atoms with van der Waals surface area (Å²) in [6.45, 7) is 2.33. The highest BCUT2D eigenvalue weighted by Crippen LogP contribution is 2.08. The molecule has 3 N–H and O–H groups in total. The maximum absolute atomic E-state index is 12.1. The molecule has 1 rings (SSSR count). The van der Waals surface area contributed by atoms with Crippen LogP contribution in [-0.2, 0) is 11.3 Å². The van der Waals surface area contributed by atoms with Crippen molar-refractivity contribution in [2.75, 3.05) is 20.1 Å². The molecule has 0 saturated carbocycles. The average molecular weight is 293 g/mol. The highest BCUT2D eigenvalue weighted by atomic mass is 16.4. The molecular weight excluding hydrogens is 274 g/mol. The third-order valence-electron chi connectivity index (χ3n) is 2.95. The zero-order valence-electron chi connectivity index (χ0n) is 12.1. The van der Waals surface area contributed by atoms with Crippen LogP contribution in [0.2, 0.25) is 0 Å². The molecule has 3 amide bonds. The second-order valence-corrected chi connectivity index (χ2v) is 4.62. The predicted molar refractivity (Wildman–Crippen MR) is 76.7 cm³/mol. The summed E-state index contributed by atoms with van der Waals surface area (Å²) in [6, 6.07) is 5.96. The lowest BCUT2D eigenvalue weighted by molar-refractivity contribution is -0.118. The zero-order valence-corrected chi connectivity index (χ0v) is 12.1. The van der Waals surface area contributed by atoms with Crippen LogP contribution in [0.15, 0.2) is 24.3 Å². The monoisotopic (exact) mass is 293 g/mol. The number of primary amides is 1. The molecular formula is C14H19N3O4. The first-order valence-corrected chi connectivity index (χ1v) is 6.45. The van der Waals surface area contributed by atoms with Gasteiger partial charge in [-0.2, -0.15) is 0 Å². The van der Waals surface area contributed by atoms with E-state index >= 15 is 0 Å². The lowest BCUT2D eigenvalue weighted by Crippen LogP contribution is -2.44. The molecule has 7 nitrogen and oxygen atoms in total. The van der Waals surface area contributed by atoms with Crippen molar-refractivity contribution in [2.24, 2.45) is 5.73 Å². The molecule has 0 bridgehead atoms. The van der Waals surface area contributed by atoms with Crippen LogP contribution >= 0.6 is 0 Å². The van der Waals surface area contributed by atoms with Crippen LogP contribution in [0.5, 0.6) is 0 Å². The van der Waals surface area contributed by atoms with Crippen LogP contribution < -0.4 is 5.73 Å². The van der Waals surface area contributed by atoms with Crippen LogP contribution in [-0.4, -0.2) is 53.0 Å².